The van der Waals surface area contributed by atoms with Crippen molar-refractivity contribution in [1.29, 1.82) is 5.26 Å². The largest absolute Gasteiger partial charge is 0.415 e. The number of piperidine rings is 1. The molecule has 0 N–H and O–H groups in total. The summed E-state index contributed by atoms with van der Waals surface area (Å²) in [4.78, 5) is 29.5. The van der Waals surface area contributed by atoms with Gasteiger partial charge in [-0.15, -0.1) is 10.2 Å². The van der Waals surface area contributed by atoms with Gasteiger partial charge < -0.3 is 19.4 Å². The van der Waals surface area contributed by atoms with Gasteiger partial charge in [-0.25, -0.2) is 9.18 Å². The molecular formula is C33H40ClFN6O3. The highest BCUT2D eigenvalue weighted by molar-refractivity contribution is 6.30. The lowest BCUT2D eigenvalue weighted by atomic mass is 9.93. The smallest absolute Gasteiger partial charge is 0.410 e. The maximum atomic E-state index is 13.0. The van der Waals surface area contributed by atoms with E-state index in [1.807, 2.05) is 45.0 Å². The zero-order chi connectivity index (χ0) is 32.1. The molecule has 3 heterocycles. The number of ether oxygens (including phenoxy) is 1. The molecule has 2 atom stereocenters. The van der Waals surface area contributed by atoms with Crippen LogP contribution in [-0.2, 0) is 4.79 Å². The molecule has 1 aromatic heterocycles. The van der Waals surface area contributed by atoms with Crippen LogP contribution < -0.4 is 9.64 Å². The Hall–Kier alpha value is -4.23. The molecule has 234 valence electrons. The summed E-state index contributed by atoms with van der Waals surface area (Å²) < 4.78 is 18.4. The number of aromatic nitrogens is 2. The van der Waals surface area contributed by atoms with E-state index in [2.05, 4.69) is 22.0 Å². The van der Waals surface area contributed by atoms with Crippen molar-refractivity contribution >= 4 is 29.9 Å². The summed E-state index contributed by atoms with van der Waals surface area (Å²) in [5.41, 5.74) is 1.38. The van der Waals surface area contributed by atoms with Gasteiger partial charge in [-0.2, -0.15) is 5.26 Å². The first-order valence-electron chi connectivity index (χ1n) is 15.0. The van der Waals surface area contributed by atoms with Gasteiger partial charge in [0.15, 0.2) is 11.5 Å². The monoisotopic (exact) mass is 622 g/mol. The number of anilines is 1. The number of halogens is 2. The van der Waals surface area contributed by atoms with Crippen LogP contribution in [0.25, 0.3) is 0 Å². The Kier molecular flexibility index (Phi) is 13.4. The first kappa shape index (κ1) is 34.3. The summed E-state index contributed by atoms with van der Waals surface area (Å²) in [5.74, 6) is 1.53. The van der Waals surface area contributed by atoms with Crippen molar-refractivity contribution in [3.05, 3.63) is 82.8 Å². The van der Waals surface area contributed by atoms with Crippen LogP contribution in [-0.4, -0.2) is 71.3 Å². The Balaban J connectivity index is 0.000000262. The molecule has 11 heteroatoms. The van der Waals surface area contributed by atoms with Gasteiger partial charge in [0, 0.05) is 43.7 Å². The first-order chi connectivity index (χ1) is 21.3. The third kappa shape index (κ3) is 9.38. The van der Waals surface area contributed by atoms with Crippen LogP contribution in [0.2, 0.25) is 5.02 Å². The van der Waals surface area contributed by atoms with Crippen molar-refractivity contribution in [2.24, 2.45) is 5.92 Å². The van der Waals surface area contributed by atoms with Crippen LogP contribution in [0, 0.1) is 23.1 Å². The van der Waals surface area contributed by atoms with E-state index >= 15 is 0 Å². The molecule has 44 heavy (non-hydrogen) atoms. The number of nitrogens with zero attached hydrogens (tertiary/aromatic N) is 6. The number of benzene rings is 2. The summed E-state index contributed by atoms with van der Waals surface area (Å²) in [6, 6.07) is 18.0. The number of likely N-dealkylation sites (tertiary alicyclic amines) is 1. The second kappa shape index (κ2) is 17.2. The molecule has 3 aromatic rings. The molecular weight excluding hydrogens is 583 g/mol. The number of carbonyl (C=O) groups is 2. The molecule has 5 rings (SSSR count). The summed E-state index contributed by atoms with van der Waals surface area (Å²) in [7, 11) is 0. The molecule has 0 aliphatic carbocycles. The van der Waals surface area contributed by atoms with Gasteiger partial charge in [0.05, 0.1) is 6.04 Å². The fourth-order valence-corrected chi connectivity index (χ4v) is 5.33. The second-order valence-corrected chi connectivity index (χ2v) is 10.9. The highest BCUT2D eigenvalue weighted by Gasteiger charge is 2.39. The Bertz CT molecular complexity index is 1360. The van der Waals surface area contributed by atoms with E-state index in [1.54, 1.807) is 28.0 Å². The Labute approximate surface area is 264 Å². The van der Waals surface area contributed by atoms with Gasteiger partial charge in [0.1, 0.15) is 17.6 Å². The zero-order valence-electron chi connectivity index (χ0n) is 25.7. The standard InChI is InChI=1S/C20H20ClFN2O3.C11H14N4.C2H6/c1-2-24(20(26)27-17-9-7-16(22)8-10-17)19-12-23(13-25)11-18(19)14-3-5-15(21)6-4-14;1-9-4-6-15(7-5-9)11-3-2-10(8-12)13-14-11;1-2/h3-10,13,18-19H,2,11-12H2,1H3;2-3,9H,4-7H2,1H3;1-2H3/t18-,19?;;/m1../s1. The number of carbonyl (C=O) groups excluding carboxylic acids is 2. The van der Waals surface area contributed by atoms with E-state index in [9.17, 15) is 14.0 Å². The van der Waals surface area contributed by atoms with Crippen molar-refractivity contribution in [2.75, 3.05) is 37.6 Å². The molecule has 0 spiro atoms. The highest BCUT2D eigenvalue weighted by Crippen LogP contribution is 2.32. The molecule has 2 amide bonds. The SMILES string of the molecule is CC.CC1CCN(c2ccc(C#N)nn2)CC1.CCN(C(=O)Oc1ccc(F)cc1)C1CN(C=O)C[C@@H]1c1ccc(Cl)cc1. The maximum absolute atomic E-state index is 13.0. The van der Waals surface area contributed by atoms with Gasteiger partial charge in [-0.05, 0) is 79.8 Å². The lowest BCUT2D eigenvalue weighted by Gasteiger charge is -2.30. The van der Waals surface area contributed by atoms with E-state index in [1.165, 1.54) is 37.1 Å². The van der Waals surface area contributed by atoms with Crippen LogP contribution in [0.5, 0.6) is 5.75 Å². The van der Waals surface area contributed by atoms with E-state index in [0.717, 1.165) is 36.8 Å². The van der Waals surface area contributed by atoms with E-state index in [-0.39, 0.29) is 17.7 Å². The number of nitriles is 1. The zero-order valence-corrected chi connectivity index (χ0v) is 26.5. The normalized spacial score (nSPS) is 17.8. The molecule has 2 aromatic carbocycles. The fraction of sp³-hybridized carbons (Fsp3) is 0.424. The average molecular weight is 623 g/mol. The van der Waals surface area contributed by atoms with E-state index in [0.29, 0.717) is 30.4 Å². The van der Waals surface area contributed by atoms with Crippen molar-refractivity contribution in [3.8, 4) is 11.8 Å². The number of amides is 2. The predicted molar refractivity (Wildman–Crippen MR) is 169 cm³/mol. The van der Waals surface area contributed by atoms with Crippen molar-refractivity contribution in [3.63, 3.8) is 0 Å². The Morgan fingerprint density at radius 1 is 1.07 bits per heavy atom. The summed E-state index contributed by atoms with van der Waals surface area (Å²) in [5, 5.41) is 17.1. The van der Waals surface area contributed by atoms with Crippen LogP contribution >= 0.6 is 11.6 Å². The molecule has 2 aliphatic rings. The number of likely N-dealkylation sites (N-methyl/N-ethyl adjacent to an activating group) is 1. The molecule has 0 saturated carbocycles. The van der Waals surface area contributed by atoms with E-state index in [4.69, 9.17) is 21.6 Å². The van der Waals surface area contributed by atoms with Gasteiger partial charge in [0.25, 0.3) is 0 Å². The lowest BCUT2D eigenvalue weighted by Crippen LogP contribution is -2.45. The number of hydrogen-bond donors (Lipinski definition) is 0. The van der Waals surface area contributed by atoms with Crippen LogP contribution in [0.3, 0.4) is 0 Å². The van der Waals surface area contributed by atoms with Crippen LogP contribution in [0.1, 0.15) is 57.7 Å². The first-order valence-corrected chi connectivity index (χ1v) is 15.4. The molecule has 0 radical (unpaired) electrons. The molecule has 2 fully saturated rings. The van der Waals surface area contributed by atoms with Crippen molar-refractivity contribution < 1.29 is 18.7 Å². The minimum Gasteiger partial charge on any atom is -0.410 e. The Morgan fingerprint density at radius 3 is 2.27 bits per heavy atom. The van der Waals surface area contributed by atoms with Crippen LogP contribution in [0.15, 0.2) is 60.7 Å². The third-order valence-electron chi connectivity index (χ3n) is 7.63. The topological polar surface area (TPSA) is 103 Å². The second-order valence-electron chi connectivity index (χ2n) is 10.5. The maximum Gasteiger partial charge on any atom is 0.415 e. The predicted octanol–water partition coefficient (Wildman–Crippen LogP) is 6.53. The quantitative estimate of drug-likeness (QED) is 0.288. The minimum absolute atomic E-state index is 0.0480. The molecule has 2 saturated heterocycles. The Morgan fingerprint density at radius 2 is 1.73 bits per heavy atom. The lowest BCUT2D eigenvalue weighted by molar-refractivity contribution is -0.117. The van der Waals surface area contributed by atoms with E-state index < -0.39 is 11.9 Å². The highest BCUT2D eigenvalue weighted by atomic mass is 35.5. The van der Waals surface area contributed by atoms with Gasteiger partial charge >= 0.3 is 6.09 Å². The van der Waals surface area contributed by atoms with Crippen molar-refractivity contribution in [2.45, 2.75) is 52.5 Å². The minimum atomic E-state index is -0.527. The van der Waals surface area contributed by atoms with Gasteiger partial charge in [-0.1, -0.05) is 44.5 Å². The number of rotatable bonds is 6. The summed E-state index contributed by atoms with van der Waals surface area (Å²) in [6.45, 7) is 11.6. The molecule has 0 bridgehead atoms. The van der Waals surface area contributed by atoms with Crippen molar-refractivity contribution in [1.82, 2.24) is 20.0 Å². The average Bonchev–Trinajstić information content (AvgIpc) is 3.48. The van der Waals surface area contributed by atoms with Crippen LogP contribution in [0.4, 0.5) is 15.0 Å². The van der Waals surface area contributed by atoms with Gasteiger partial charge in [0.2, 0.25) is 6.41 Å². The summed E-state index contributed by atoms with van der Waals surface area (Å²) in [6.07, 6.45) is 2.69. The molecule has 2 aliphatic heterocycles. The third-order valence-corrected chi connectivity index (χ3v) is 7.88. The summed E-state index contributed by atoms with van der Waals surface area (Å²) >= 11 is 5.97. The van der Waals surface area contributed by atoms with Gasteiger partial charge in [-0.3, -0.25) is 4.79 Å². The molecule has 1 unspecified atom stereocenters. The molecule has 9 nitrogen and oxygen atoms in total. The number of hydrogen-bond acceptors (Lipinski definition) is 7. The fourth-order valence-electron chi connectivity index (χ4n) is 5.21.